The maximum atomic E-state index is 12.3. The number of amides is 1. The first-order valence-electron chi connectivity index (χ1n) is 6.84. The lowest BCUT2D eigenvalue weighted by molar-refractivity contribution is -0.121. The second-order valence-corrected chi connectivity index (χ2v) is 8.53. The third-order valence-corrected chi connectivity index (χ3v) is 5.53. The molecular formula is C14H16ClN3O3S2. The summed E-state index contributed by atoms with van der Waals surface area (Å²) in [6.07, 6.45) is 4.37. The van der Waals surface area contributed by atoms with Crippen LogP contribution in [-0.4, -0.2) is 42.8 Å². The average molecular weight is 374 g/mol. The summed E-state index contributed by atoms with van der Waals surface area (Å²) in [4.78, 5) is 21.0. The van der Waals surface area contributed by atoms with Crippen molar-refractivity contribution >= 4 is 38.7 Å². The van der Waals surface area contributed by atoms with Crippen LogP contribution in [0.3, 0.4) is 0 Å². The number of nitrogens with zero attached hydrogens (tertiary/aromatic N) is 2. The number of rotatable bonds is 6. The van der Waals surface area contributed by atoms with Crippen LogP contribution in [0, 0.1) is 0 Å². The number of carbonyl (C=O) groups is 1. The lowest BCUT2D eigenvalue weighted by Gasteiger charge is -2.13. The van der Waals surface area contributed by atoms with Crippen LogP contribution in [0.1, 0.15) is 17.7 Å². The number of carbonyl (C=O) groups excluding carboxylic acids is 1. The second-order valence-electron chi connectivity index (χ2n) is 4.96. The predicted molar refractivity (Wildman–Crippen MR) is 91.5 cm³/mol. The molecule has 1 N–H and O–H groups in total. The van der Waals surface area contributed by atoms with Crippen LogP contribution in [0.25, 0.3) is 10.6 Å². The minimum Gasteiger partial charge on any atom is -0.356 e. The van der Waals surface area contributed by atoms with Gasteiger partial charge in [-0.25, -0.2) is 13.4 Å². The fourth-order valence-corrected chi connectivity index (χ4v) is 4.47. The largest absolute Gasteiger partial charge is 0.356 e. The van der Waals surface area contributed by atoms with E-state index in [4.69, 9.17) is 11.6 Å². The van der Waals surface area contributed by atoms with Crippen molar-refractivity contribution in [2.24, 2.45) is 0 Å². The predicted octanol–water partition coefficient (Wildman–Crippen LogP) is 2.12. The van der Waals surface area contributed by atoms with Crippen LogP contribution in [0.2, 0.25) is 5.15 Å². The highest BCUT2D eigenvalue weighted by atomic mass is 35.5. The van der Waals surface area contributed by atoms with Crippen LogP contribution < -0.4 is 5.32 Å². The molecule has 0 saturated heterocycles. The van der Waals surface area contributed by atoms with Gasteiger partial charge >= 0.3 is 0 Å². The van der Waals surface area contributed by atoms with Gasteiger partial charge in [0.25, 0.3) is 0 Å². The number of nitrogens with one attached hydrogen (secondary N) is 1. The molecule has 0 aliphatic heterocycles. The molecule has 0 aliphatic carbocycles. The molecule has 23 heavy (non-hydrogen) atoms. The van der Waals surface area contributed by atoms with E-state index in [1.165, 1.54) is 11.3 Å². The highest BCUT2D eigenvalue weighted by molar-refractivity contribution is 7.90. The highest BCUT2D eigenvalue weighted by Crippen LogP contribution is 2.36. The molecule has 2 aromatic heterocycles. The number of halogens is 1. The van der Waals surface area contributed by atoms with Crippen molar-refractivity contribution in [2.45, 2.75) is 12.8 Å². The van der Waals surface area contributed by atoms with Gasteiger partial charge in [0.05, 0.1) is 16.5 Å². The van der Waals surface area contributed by atoms with Crippen molar-refractivity contribution in [2.75, 3.05) is 18.6 Å². The fourth-order valence-electron chi connectivity index (χ4n) is 2.01. The molecule has 0 saturated carbocycles. The van der Waals surface area contributed by atoms with Crippen LogP contribution in [0.15, 0.2) is 24.5 Å². The zero-order valence-electron chi connectivity index (χ0n) is 12.6. The summed E-state index contributed by atoms with van der Waals surface area (Å²) in [7, 11) is -3.36. The summed E-state index contributed by atoms with van der Waals surface area (Å²) in [6.45, 7) is 2.18. The maximum Gasteiger partial charge on any atom is 0.229 e. The molecule has 0 aromatic carbocycles. The number of thiazole rings is 1. The monoisotopic (exact) mass is 373 g/mol. The fraction of sp³-hybridized carbons (Fsp3) is 0.357. The van der Waals surface area contributed by atoms with Gasteiger partial charge in [-0.1, -0.05) is 11.6 Å². The van der Waals surface area contributed by atoms with E-state index >= 15 is 0 Å². The van der Waals surface area contributed by atoms with Crippen molar-refractivity contribution < 1.29 is 13.2 Å². The molecule has 1 atom stereocenters. The van der Waals surface area contributed by atoms with E-state index in [0.717, 1.165) is 11.8 Å². The third kappa shape index (κ3) is 4.73. The van der Waals surface area contributed by atoms with Gasteiger partial charge in [0.1, 0.15) is 20.0 Å². The molecule has 0 spiro atoms. The minimum atomic E-state index is -3.36. The molecule has 2 heterocycles. The Balaban J connectivity index is 2.43. The smallest absolute Gasteiger partial charge is 0.229 e. The zero-order valence-corrected chi connectivity index (χ0v) is 15.0. The SMILES string of the molecule is CCNC(=O)C(CS(C)(=O)=O)c1sc(-c2cccnc2)nc1Cl. The number of hydrogen-bond acceptors (Lipinski definition) is 6. The summed E-state index contributed by atoms with van der Waals surface area (Å²) in [5.41, 5.74) is 0.764. The van der Waals surface area contributed by atoms with Gasteiger partial charge in [-0.15, -0.1) is 11.3 Å². The number of sulfone groups is 1. The van der Waals surface area contributed by atoms with Crippen LogP contribution in [0.5, 0.6) is 0 Å². The number of likely N-dealkylation sites (N-methyl/N-ethyl adjacent to an activating group) is 1. The first-order valence-corrected chi connectivity index (χ1v) is 10.1. The van der Waals surface area contributed by atoms with Gasteiger partial charge in [0, 0.05) is 30.8 Å². The maximum absolute atomic E-state index is 12.3. The Morgan fingerprint density at radius 2 is 2.22 bits per heavy atom. The molecule has 1 amide bonds. The van der Waals surface area contributed by atoms with Gasteiger partial charge in [0.2, 0.25) is 5.91 Å². The molecule has 0 radical (unpaired) electrons. The van der Waals surface area contributed by atoms with Crippen molar-refractivity contribution in [3.63, 3.8) is 0 Å². The molecule has 6 nitrogen and oxygen atoms in total. The highest BCUT2D eigenvalue weighted by Gasteiger charge is 2.29. The Labute approximate surface area is 143 Å². The number of pyridine rings is 1. The van der Waals surface area contributed by atoms with Gasteiger partial charge in [-0.2, -0.15) is 0 Å². The van der Waals surface area contributed by atoms with E-state index in [0.29, 0.717) is 16.4 Å². The lowest BCUT2D eigenvalue weighted by atomic mass is 10.1. The van der Waals surface area contributed by atoms with Gasteiger partial charge in [-0.05, 0) is 19.1 Å². The molecule has 0 bridgehead atoms. The lowest BCUT2D eigenvalue weighted by Crippen LogP contribution is -2.32. The Morgan fingerprint density at radius 1 is 1.48 bits per heavy atom. The molecule has 124 valence electrons. The first-order chi connectivity index (χ1) is 10.8. The van der Waals surface area contributed by atoms with Gasteiger partial charge in [-0.3, -0.25) is 9.78 Å². The zero-order chi connectivity index (χ0) is 17.0. The van der Waals surface area contributed by atoms with Crippen molar-refractivity contribution in [1.29, 1.82) is 0 Å². The van der Waals surface area contributed by atoms with E-state index in [9.17, 15) is 13.2 Å². The van der Waals surface area contributed by atoms with E-state index in [-0.39, 0.29) is 16.8 Å². The molecule has 0 aliphatic rings. The summed E-state index contributed by atoms with van der Waals surface area (Å²) in [5, 5.41) is 3.39. The van der Waals surface area contributed by atoms with Crippen LogP contribution >= 0.6 is 22.9 Å². The van der Waals surface area contributed by atoms with E-state index in [2.05, 4.69) is 15.3 Å². The summed E-state index contributed by atoms with van der Waals surface area (Å²) >= 11 is 7.37. The number of aromatic nitrogens is 2. The first kappa shape index (κ1) is 17.8. The Kier molecular flexibility index (Phi) is 5.72. The molecular weight excluding hydrogens is 358 g/mol. The molecule has 0 fully saturated rings. The van der Waals surface area contributed by atoms with Crippen molar-refractivity contribution in [3.8, 4) is 10.6 Å². The number of hydrogen-bond donors (Lipinski definition) is 1. The molecule has 2 rings (SSSR count). The summed E-state index contributed by atoms with van der Waals surface area (Å²) in [5.74, 6) is -1.56. The van der Waals surface area contributed by atoms with Gasteiger partial charge < -0.3 is 5.32 Å². The normalized spacial score (nSPS) is 12.8. The Morgan fingerprint density at radius 3 is 2.78 bits per heavy atom. The second kappa shape index (κ2) is 7.37. The Hall–Kier alpha value is -1.51. The van der Waals surface area contributed by atoms with Crippen LogP contribution in [-0.2, 0) is 14.6 Å². The topological polar surface area (TPSA) is 89.0 Å². The van der Waals surface area contributed by atoms with E-state index in [1.807, 2.05) is 6.07 Å². The van der Waals surface area contributed by atoms with Crippen LogP contribution in [0.4, 0.5) is 0 Å². The minimum absolute atomic E-state index is 0.147. The van der Waals surface area contributed by atoms with Crippen molar-refractivity contribution in [3.05, 3.63) is 34.6 Å². The van der Waals surface area contributed by atoms with Gasteiger partial charge in [0.15, 0.2) is 0 Å². The summed E-state index contributed by atoms with van der Waals surface area (Å²) in [6, 6.07) is 3.59. The van der Waals surface area contributed by atoms with Crippen molar-refractivity contribution in [1.82, 2.24) is 15.3 Å². The quantitative estimate of drug-likeness (QED) is 0.837. The third-order valence-electron chi connectivity index (χ3n) is 2.97. The van der Waals surface area contributed by atoms with E-state index in [1.54, 1.807) is 25.4 Å². The van der Waals surface area contributed by atoms with E-state index < -0.39 is 15.8 Å². The molecule has 1 unspecified atom stereocenters. The standard InChI is InChI=1S/C14H16ClN3O3S2/c1-3-17-13(19)10(8-23(2,20)21)11-12(15)18-14(22-11)9-5-4-6-16-7-9/h4-7,10H,3,8H2,1-2H3,(H,17,19). The summed E-state index contributed by atoms with van der Waals surface area (Å²) < 4.78 is 23.3. The molecule has 2 aromatic rings. The average Bonchev–Trinajstić information content (AvgIpc) is 2.87. The molecule has 9 heteroatoms. The Bertz CT molecular complexity index is 791.